The number of rotatable bonds is 4. The van der Waals surface area contributed by atoms with Crippen molar-refractivity contribution in [3.8, 4) is 0 Å². The molecule has 6 heteroatoms. The monoisotopic (exact) mass is 351 g/mol. The largest absolute Gasteiger partial charge is 0.326 e. The standard InChI is InChI=1S/C20H21N3O3/c1-13-5-3-6-16(9-13)22-20(26)15-10-19(25)23(12-15)18-8-4-7-17(11-18)21-14(2)24/h3-9,11,15H,10,12H2,1-2H3,(H,21,24)(H,22,26)/t15-/m1/s1. The first kappa shape index (κ1) is 17.7. The van der Waals surface area contributed by atoms with Crippen molar-refractivity contribution >= 4 is 34.8 Å². The molecule has 1 aliphatic heterocycles. The van der Waals surface area contributed by atoms with Crippen molar-refractivity contribution in [1.29, 1.82) is 0 Å². The van der Waals surface area contributed by atoms with Crippen LogP contribution in [-0.4, -0.2) is 24.3 Å². The number of aryl methyl sites for hydroxylation is 1. The van der Waals surface area contributed by atoms with Crippen LogP contribution >= 0.6 is 0 Å². The minimum absolute atomic E-state index is 0.102. The molecule has 1 atom stereocenters. The van der Waals surface area contributed by atoms with Crippen molar-refractivity contribution in [3.05, 3.63) is 54.1 Å². The Kier molecular flexibility index (Phi) is 5.02. The summed E-state index contributed by atoms with van der Waals surface area (Å²) in [7, 11) is 0. The van der Waals surface area contributed by atoms with Gasteiger partial charge in [-0.2, -0.15) is 0 Å². The molecule has 3 rings (SSSR count). The first-order chi connectivity index (χ1) is 12.4. The van der Waals surface area contributed by atoms with E-state index < -0.39 is 5.92 Å². The fraction of sp³-hybridized carbons (Fsp3) is 0.250. The lowest BCUT2D eigenvalue weighted by Crippen LogP contribution is -2.28. The summed E-state index contributed by atoms with van der Waals surface area (Å²) in [5, 5.41) is 5.58. The summed E-state index contributed by atoms with van der Waals surface area (Å²) in [6, 6.07) is 14.6. The van der Waals surface area contributed by atoms with E-state index in [0.717, 1.165) is 11.3 Å². The van der Waals surface area contributed by atoms with Crippen molar-refractivity contribution < 1.29 is 14.4 Å². The van der Waals surface area contributed by atoms with Crippen LogP contribution in [0, 0.1) is 12.8 Å². The van der Waals surface area contributed by atoms with Gasteiger partial charge in [0, 0.05) is 37.0 Å². The molecule has 0 radical (unpaired) electrons. The molecule has 134 valence electrons. The minimum Gasteiger partial charge on any atom is -0.326 e. The average Bonchev–Trinajstić information content (AvgIpc) is 2.96. The molecular weight excluding hydrogens is 330 g/mol. The van der Waals surface area contributed by atoms with Crippen LogP contribution in [0.1, 0.15) is 18.9 Å². The summed E-state index contributed by atoms with van der Waals surface area (Å²) in [5.74, 6) is -0.850. The topological polar surface area (TPSA) is 78.5 Å². The maximum atomic E-state index is 12.5. The molecule has 2 aromatic carbocycles. The van der Waals surface area contributed by atoms with Gasteiger partial charge in [0.1, 0.15) is 0 Å². The molecule has 1 saturated heterocycles. The number of benzene rings is 2. The molecule has 0 aromatic heterocycles. The SMILES string of the molecule is CC(=O)Nc1cccc(N2C[C@H](C(=O)Nc3cccc(C)c3)CC2=O)c1. The van der Waals surface area contributed by atoms with Gasteiger partial charge < -0.3 is 15.5 Å². The van der Waals surface area contributed by atoms with Crippen molar-refractivity contribution in [1.82, 2.24) is 0 Å². The van der Waals surface area contributed by atoms with Crippen molar-refractivity contribution in [2.24, 2.45) is 5.92 Å². The van der Waals surface area contributed by atoms with Crippen LogP contribution in [0.25, 0.3) is 0 Å². The predicted octanol–water partition coefficient (Wildman–Crippen LogP) is 2.95. The van der Waals surface area contributed by atoms with E-state index in [2.05, 4.69) is 10.6 Å². The summed E-state index contributed by atoms with van der Waals surface area (Å²) in [6.07, 6.45) is 0.169. The van der Waals surface area contributed by atoms with Crippen LogP contribution in [0.2, 0.25) is 0 Å². The molecular formula is C20H21N3O3. The van der Waals surface area contributed by atoms with Gasteiger partial charge in [0.2, 0.25) is 17.7 Å². The van der Waals surface area contributed by atoms with E-state index in [-0.39, 0.29) is 24.1 Å². The molecule has 2 aromatic rings. The third kappa shape index (κ3) is 4.08. The second-order valence-electron chi connectivity index (χ2n) is 6.50. The van der Waals surface area contributed by atoms with Gasteiger partial charge in [-0.05, 0) is 42.8 Å². The lowest BCUT2D eigenvalue weighted by atomic mass is 10.1. The van der Waals surface area contributed by atoms with E-state index in [0.29, 0.717) is 17.9 Å². The zero-order valence-electron chi connectivity index (χ0n) is 14.8. The number of carbonyl (C=O) groups excluding carboxylic acids is 3. The number of nitrogens with zero attached hydrogens (tertiary/aromatic N) is 1. The Hall–Kier alpha value is -3.15. The molecule has 1 heterocycles. The summed E-state index contributed by atoms with van der Waals surface area (Å²) >= 11 is 0. The van der Waals surface area contributed by atoms with Gasteiger partial charge >= 0.3 is 0 Å². The quantitative estimate of drug-likeness (QED) is 0.889. The Morgan fingerprint density at radius 2 is 1.73 bits per heavy atom. The molecule has 3 amide bonds. The molecule has 0 bridgehead atoms. The summed E-state index contributed by atoms with van der Waals surface area (Å²) < 4.78 is 0. The average molecular weight is 351 g/mol. The Balaban J connectivity index is 1.70. The summed E-state index contributed by atoms with van der Waals surface area (Å²) in [4.78, 5) is 37.7. The third-order valence-electron chi connectivity index (χ3n) is 4.26. The van der Waals surface area contributed by atoms with E-state index in [9.17, 15) is 14.4 Å². The van der Waals surface area contributed by atoms with Crippen LogP contribution in [-0.2, 0) is 14.4 Å². The van der Waals surface area contributed by atoms with Gasteiger partial charge in [-0.25, -0.2) is 0 Å². The zero-order valence-corrected chi connectivity index (χ0v) is 14.8. The number of nitrogens with one attached hydrogen (secondary N) is 2. The van der Waals surface area contributed by atoms with Crippen LogP contribution in [0.15, 0.2) is 48.5 Å². The molecule has 2 N–H and O–H groups in total. The number of carbonyl (C=O) groups is 3. The van der Waals surface area contributed by atoms with E-state index in [1.165, 1.54) is 6.92 Å². The van der Waals surface area contributed by atoms with Gasteiger partial charge in [-0.3, -0.25) is 14.4 Å². The van der Waals surface area contributed by atoms with Crippen LogP contribution < -0.4 is 15.5 Å². The first-order valence-electron chi connectivity index (χ1n) is 8.48. The minimum atomic E-state index is -0.410. The van der Waals surface area contributed by atoms with Crippen molar-refractivity contribution in [2.45, 2.75) is 20.3 Å². The highest BCUT2D eigenvalue weighted by atomic mass is 16.2. The van der Waals surface area contributed by atoms with Crippen LogP contribution in [0.5, 0.6) is 0 Å². The van der Waals surface area contributed by atoms with Gasteiger partial charge in [-0.15, -0.1) is 0 Å². The Bertz CT molecular complexity index is 863. The molecule has 0 unspecified atom stereocenters. The number of hydrogen-bond acceptors (Lipinski definition) is 3. The molecule has 0 spiro atoms. The maximum absolute atomic E-state index is 12.5. The van der Waals surface area contributed by atoms with Crippen molar-refractivity contribution in [3.63, 3.8) is 0 Å². The van der Waals surface area contributed by atoms with E-state index in [1.807, 2.05) is 31.2 Å². The lowest BCUT2D eigenvalue weighted by molar-refractivity contribution is -0.122. The first-order valence-corrected chi connectivity index (χ1v) is 8.48. The van der Waals surface area contributed by atoms with Gasteiger partial charge in [0.15, 0.2) is 0 Å². The Morgan fingerprint density at radius 3 is 2.42 bits per heavy atom. The second kappa shape index (κ2) is 7.39. The number of anilines is 3. The van der Waals surface area contributed by atoms with E-state index in [1.54, 1.807) is 29.2 Å². The smallest absolute Gasteiger partial charge is 0.229 e. The fourth-order valence-electron chi connectivity index (χ4n) is 3.05. The van der Waals surface area contributed by atoms with Crippen LogP contribution in [0.4, 0.5) is 17.1 Å². The highest BCUT2D eigenvalue weighted by Gasteiger charge is 2.35. The fourth-order valence-corrected chi connectivity index (χ4v) is 3.05. The van der Waals surface area contributed by atoms with E-state index >= 15 is 0 Å². The Labute approximate surface area is 152 Å². The molecule has 1 fully saturated rings. The maximum Gasteiger partial charge on any atom is 0.229 e. The van der Waals surface area contributed by atoms with Crippen LogP contribution in [0.3, 0.4) is 0 Å². The molecule has 0 saturated carbocycles. The zero-order chi connectivity index (χ0) is 18.7. The van der Waals surface area contributed by atoms with Gasteiger partial charge in [0.25, 0.3) is 0 Å². The second-order valence-corrected chi connectivity index (χ2v) is 6.50. The van der Waals surface area contributed by atoms with Gasteiger partial charge in [-0.1, -0.05) is 18.2 Å². The molecule has 1 aliphatic rings. The molecule has 6 nitrogen and oxygen atoms in total. The highest BCUT2D eigenvalue weighted by molar-refractivity contribution is 6.04. The van der Waals surface area contributed by atoms with Crippen molar-refractivity contribution in [2.75, 3.05) is 22.1 Å². The normalized spacial score (nSPS) is 16.5. The highest BCUT2D eigenvalue weighted by Crippen LogP contribution is 2.28. The van der Waals surface area contributed by atoms with E-state index in [4.69, 9.17) is 0 Å². The number of hydrogen-bond donors (Lipinski definition) is 2. The lowest BCUT2D eigenvalue weighted by Gasteiger charge is -2.18. The molecule has 26 heavy (non-hydrogen) atoms. The third-order valence-corrected chi connectivity index (χ3v) is 4.26. The Morgan fingerprint density at radius 1 is 1.04 bits per heavy atom. The summed E-state index contributed by atoms with van der Waals surface area (Å²) in [5.41, 5.74) is 3.08. The van der Waals surface area contributed by atoms with Gasteiger partial charge in [0.05, 0.1) is 5.92 Å². The summed E-state index contributed by atoms with van der Waals surface area (Å²) in [6.45, 7) is 3.71. The number of amides is 3. The predicted molar refractivity (Wildman–Crippen MR) is 101 cm³/mol. The molecule has 0 aliphatic carbocycles.